The molecule has 1 aliphatic rings. The first-order valence-corrected chi connectivity index (χ1v) is 5.38. The van der Waals surface area contributed by atoms with E-state index in [9.17, 15) is 14.7 Å². The Kier molecular flexibility index (Phi) is 2.95. The molecule has 0 spiro atoms. The zero-order chi connectivity index (χ0) is 12.4. The average molecular weight is 230 g/mol. The molecule has 1 amide bonds. The van der Waals surface area contributed by atoms with Crippen LogP contribution in [0.25, 0.3) is 0 Å². The summed E-state index contributed by atoms with van der Waals surface area (Å²) in [6.07, 6.45) is 1.91. The highest BCUT2D eigenvalue weighted by molar-refractivity contribution is 6.06. The number of aliphatic carboxylic acids is 1. The Bertz CT molecular complexity index is 505. The predicted molar refractivity (Wildman–Crippen MR) is 61.3 cm³/mol. The van der Waals surface area contributed by atoms with Gasteiger partial charge in [0, 0.05) is 18.3 Å². The van der Waals surface area contributed by atoms with Crippen LogP contribution in [-0.4, -0.2) is 18.4 Å². The van der Waals surface area contributed by atoms with E-state index in [-0.39, 0.29) is 11.5 Å². The molecule has 0 atom stereocenters. The maximum Gasteiger partial charge on any atom is 0.251 e. The van der Waals surface area contributed by atoms with Gasteiger partial charge in [0.25, 0.3) is 5.91 Å². The molecule has 0 N–H and O–H groups in total. The fraction of sp³-hybridized carbons (Fsp3) is 0.231. The molecular weight excluding hydrogens is 218 g/mol. The Hall–Kier alpha value is -2.10. The van der Waals surface area contributed by atoms with E-state index in [1.54, 1.807) is 4.90 Å². The second-order valence-electron chi connectivity index (χ2n) is 3.98. The van der Waals surface area contributed by atoms with Crippen molar-refractivity contribution in [2.24, 2.45) is 0 Å². The maximum absolute atomic E-state index is 11.9. The van der Waals surface area contributed by atoms with Crippen LogP contribution in [0.4, 0.5) is 5.69 Å². The number of rotatable bonds is 2. The number of para-hydroxylation sites is 1. The lowest BCUT2D eigenvalue weighted by Gasteiger charge is -2.15. The summed E-state index contributed by atoms with van der Waals surface area (Å²) in [5.74, 6) is -1.62. The van der Waals surface area contributed by atoms with E-state index in [0.717, 1.165) is 23.7 Å². The van der Waals surface area contributed by atoms with Crippen LogP contribution in [0.3, 0.4) is 0 Å². The van der Waals surface area contributed by atoms with Crippen molar-refractivity contribution >= 4 is 17.6 Å². The van der Waals surface area contributed by atoms with E-state index in [4.69, 9.17) is 0 Å². The summed E-state index contributed by atoms with van der Waals surface area (Å²) >= 11 is 0. The molecule has 0 aliphatic carbocycles. The third-order valence-corrected chi connectivity index (χ3v) is 2.82. The lowest BCUT2D eigenvalue weighted by Crippen LogP contribution is -2.29. The number of carboxylic acid groups (broad SMARTS) is 1. The second kappa shape index (κ2) is 4.41. The Morgan fingerprint density at radius 3 is 2.76 bits per heavy atom. The molecule has 0 bridgehead atoms. The molecule has 1 heterocycles. The van der Waals surface area contributed by atoms with E-state index in [1.165, 1.54) is 6.92 Å². The highest BCUT2D eigenvalue weighted by atomic mass is 16.4. The molecule has 0 saturated heterocycles. The zero-order valence-corrected chi connectivity index (χ0v) is 9.47. The third-order valence-electron chi connectivity index (χ3n) is 2.82. The third kappa shape index (κ3) is 2.20. The van der Waals surface area contributed by atoms with E-state index in [0.29, 0.717) is 6.54 Å². The predicted octanol–water partition coefficient (Wildman–Crippen LogP) is 0.272. The summed E-state index contributed by atoms with van der Waals surface area (Å²) < 4.78 is 0. The van der Waals surface area contributed by atoms with Gasteiger partial charge in [0.15, 0.2) is 0 Å². The topological polar surface area (TPSA) is 60.4 Å². The van der Waals surface area contributed by atoms with Crippen molar-refractivity contribution in [3.05, 3.63) is 41.5 Å². The Balaban J connectivity index is 2.24. The van der Waals surface area contributed by atoms with Gasteiger partial charge in [0.1, 0.15) is 0 Å². The van der Waals surface area contributed by atoms with Gasteiger partial charge >= 0.3 is 0 Å². The quantitative estimate of drug-likeness (QED) is 0.685. The minimum atomic E-state index is -1.31. The summed E-state index contributed by atoms with van der Waals surface area (Å²) in [6.45, 7) is 1.95. The lowest BCUT2D eigenvalue weighted by atomic mass is 10.2. The monoisotopic (exact) mass is 230 g/mol. The smallest absolute Gasteiger partial charge is 0.251 e. The molecule has 1 aromatic carbocycles. The summed E-state index contributed by atoms with van der Waals surface area (Å²) in [5, 5.41) is 10.5. The molecule has 17 heavy (non-hydrogen) atoms. The fourth-order valence-corrected chi connectivity index (χ4v) is 1.89. The van der Waals surface area contributed by atoms with Gasteiger partial charge in [-0.05, 0) is 30.5 Å². The number of carboxylic acids is 1. The second-order valence-corrected chi connectivity index (χ2v) is 3.98. The van der Waals surface area contributed by atoms with Crippen LogP contribution in [0.15, 0.2) is 35.9 Å². The fourth-order valence-electron chi connectivity index (χ4n) is 1.89. The first-order valence-electron chi connectivity index (χ1n) is 5.38. The minimum Gasteiger partial charge on any atom is -0.545 e. The van der Waals surface area contributed by atoms with Crippen molar-refractivity contribution in [1.29, 1.82) is 0 Å². The van der Waals surface area contributed by atoms with Gasteiger partial charge in [-0.3, -0.25) is 4.79 Å². The molecule has 2 rings (SSSR count). The molecule has 4 nitrogen and oxygen atoms in total. The molecule has 1 aliphatic heterocycles. The number of carbonyl (C=O) groups excluding carboxylic acids is 2. The number of fused-ring (bicyclic) bond motifs is 1. The molecule has 1 aromatic rings. The van der Waals surface area contributed by atoms with Crippen LogP contribution in [-0.2, 0) is 16.0 Å². The van der Waals surface area contributed by atoms with E-state index in [2.05, 4.69) is 0 Å². The average Bonchev–Trinajstić information content (AvgIpc) is 2.72. The van der Waals surface area contributed by atoms with Gasteiger partial charge in [0.05, 0.1) is 5.97 Å². The Morgan fingerprint density at radius 2 is 2.06 bits per heavy atom. The largest absolute Gasteiger partial charge is 0.545 e. The summed E-state index contributed by atoms with van der Waals surface area (Å²) in [4.78, 5) is 24.0. The normalized spacial score (nSPS) is 14.6. The van der Waals surface area contributed by atoms with Gasteiger partial charge in [-0.1, -0.05) is 18.2 Å². The van der Waals surface area contributed by atoms with E-state index in [1.807, 2.05) is 24.3 Å². The van der Waals surface area contributed by atoms with Crippen molar-refractivity contribution < 1.29 is 14.7 Å². The first kappa shape index (κ1) is 11.4. The summed E-state index contributed by atoms with van der Waals surface area (Å²) in [7, 11) is 0. The molecule has 4 heteroatoms. The standard InChI is InChI=1S/C13H13NO3/c1-9(13(16)17)8-12(15)14-7-6-10-4-2-3-5-11(10)14/h2-5,8H,6-7H2,1H3,(H,16,17)/p-1/b9-8+. The lowest BCUT2D eigenvalue weighted by molar-refractivity contribution is -0.299. The number of anilines is 1. The number of amides is 1. The highest BCUT2D eigenvalue weighted by Crippen LogP contribution is 2.27. The van der Waals surface area contributed by atoms with Crippen LogP contribution in [0, 0.1) is 0 Å². The Labute approximate surface area is 99.2 Å². The SMILES string of the molecule is C/C(=C\C(=O)N1CCc2ccccc21)C(=O)[O-]. The molecule has 88 valence electrons. The molecule has 0 aromatic heterocycles. The van der Waals surface area contributed by atoms with E-state index >= 15 is 0 Å². The first-order chi connectivity index (χ1) is 8.09. The minimum absolute atomic E-state index is 0.0561. The van der Waals surface area contributed by atoms with Crippen LogP contribution < -0.4 is 10.0 Å². The number of nitrogens with zero attached hydrogens (tertiary/aromatic N) is 1. The van der Waals surface area contributed by atoms with Crippen LogP contribution in [0.1, 0.15) is 12.5 Å². The van der Waals surface area contributed by atoms with E-state index < -0.39 is 5.97 Å². The molecular formula is C13H12NO3-. The van der Waals surface area contributed by atoms with Crippen molar-refractivity contribution in [3.63, 3.8) is 0 Å². The van der Waals surface area contributed by atoms with Crippen LogP contribution >= 0.6 is 0 Å². The van der Waals surface area contributed by atoms with Gasteiger partial charge < -0.3 is 14.8 Å². The van der Waals surface area contributed by atoms with Crippen LogP contribution in [0.2, 0.25) is 0 Å². The van der Waals surface area contributed by atoms with Crippen molar-refractivity contribution in [1.82, 2.24) is 0 Å². The molecule has 0 unspecified atom stereocenters. The van der Waals surface area contributed by atoms with Gasteiger partial charge in [-0.2, -0.15) is 0 Å². The molecule has 0 fully saturated rings. The molecule has 0 radical (unpaired) electrons. The van der Waals surface area contributed by atoms with Gasteiger partial charge in [-0.25, -0.2) is 0 Å². The Morgan fingerprint density at radius 1 is 1.35 bits per heavy atom. The van der Waals surface area contributed by atoms with Crippen molar-refractivity contribution in [2.75, 3.05) is 11.4 Å². The number of hydrogen-bond donors (Lipinski definition) is 0. The summed E-state index contributed by atoms with van der Waals surface area (Å²) in [5.41, 5.74) is 1.92. The number of benzene rings is 1. The van der Waals surface area contributed by atoms with Gasteiger partial charge in [0.2, 0.25) is 0 Å². The van der Waals surface area contributed by atoms with Crippen molar-refractivity contribution in [3.8, 4) is 0 Å². The zero-order valence-electron chi connectivity index (χ0n) is 9.47. The van der Waals surface area contributed by atoms with Crippen molar-refractivity contribution in [2.45, 2.75) is 13.3 Å². The summed E-state index contributed by atoms with van der Waals surface area (Å²) in [6, 6.07) is 7.62. The highest BCUT2D eigenvalue weighted by Gasteiger charge is 2.22. The number of hydrogen-bond acceptors (Lipinski definition) is 3. The molecule has 0 saturated carbocycles. The van der Waals surface area contributed by atoms with Gasteiger partial charge in [-0.15, -0.1) is 0 Å². The van der Waals surface area contributed by atoms with Crippen LogP contribution in [0.5, 0.6) is 0 Å². The maximum atomic E-state index is 11.9. The number of carbonyl (C=O) groups is 2.